The second-order valence-corrected chi connectivity index (χ2v) is 6.32. The van der Waals surface area contributed by atoms with Crippen molar-refractivity contribution in [1.29, 1.82) is 0 Å². The Kier molecular flexibility index (Phi) is 4.51. The molecule has 2 fully saturated rings. The predicted molar refractivity (Wildman–Crippen MR) is 84.4 cm³/mol. The van der Waals surface area contributed by atoms with Gasteiger partial charge in [0.25, 0.3) is 0 Å². The van der Waals surface area contributed by atoms with Gasteiger partial charge in [-0.05, 0) is 17.7 Å². The zero-order valence-corrected chi connectivity index (χ0v) is 13.5. The molecule has 0 spiro atoms. The monoisotopic (exact) mass is 333 g/mol. The first-order valence-corrected chi connectivity index (χ1v) is 8.01. The van der Waals surface area contributed by atoms with E-state index in [-0.39, 0.29) is 48.3 Å². The Hall–Kier alpha value is -2.44. The van der Waals surface area contributed by atoms with Crippen LogP contribution in [0.2, 0.25) is 0 Å². The Morgan fingerprint density at radius 2 is 2.04 bits per heavy atom. The molecule has 2 aliphatic rings. The molecule has 2 saturated heterocycles. The number of carbonyl (C=O) groups excluding carboxylic acids is 3. The number of nitrogens with one attached hydrogen (secondary N) is 1. The summed E-state index contributed by atoms with van der Waals surface area (Å²) in [6, 6.07) is 5.97. The SMILES string of the molecule is CNC(=O)C1CC(=O)N(C2CN(C(=O)Cc3cccc(F)c3)C2)C1. The predicted octanol–water partition coefficient (Wildman–Crippen LogP) is 0.174. The lowest BCUT2D eigenvalue weighted by molar-refractivity contribution is -0.143. The maximum atomic E-state index is 13.2. The fourth-order valence-electron chi connectivity index (χ4n) is 3.25. The van der Waals surface area contributed by atoms with Crippen molar-refractivity contribution in [2.45, 2.75) is 18.9 Å². The second-order valence-electron chi connectivity index (χ2n) is 6.32. The molecule has 1 aromatic carbocycles. The molecule has 1 aromatic rings. The Morgan fingerprint density at radius 3 is 2.71 bits per heavy atom. The number of hydrogen-bond acceptors (Lipinski definition) is 3. The van der Waals surface area contributed by atoms with E-state index < -0.39 is 0 Å². The van der Waals surface area contributed by atoms with Gasteiger partial charge in [0.1, 0.15) is 5.82 Å². The number of likely N-dealkylation sites (tertiary alicyclic amines) is 2. The molecule has 1 N–H and O–H groups in total. The Labute approximate surface area is 139 Å². The van der Waals surface area contributed by atoms with Gasteiger partial charge in [0.2, 0.25) is 17.7 Å². The van der Waals surface area contributed by atoms with Gasteiger partial charge in [-0.15, -0.1) is 0 Å². The van der Waals surface area contributed by atoms with Gasteiger partial charge in [0.05, 0.1) is 18.4 Å². The number of carbonyl (C=O) groups is 3. The normalized spacial score (nSPS) is 20.9. The highest BCUT2D eigenvalue weighted by Crippen LogP contribution is 2.25. The maximum absolute atomic E-state index is 13.2. The van der Waals surface area contributed by atoms with Crippen LogP contribution in [0.5, 0.6) is 0 Å². The maximum Gasteiger partial charge on any atom is 0.227 e. The summed E-state index contributed by atoms with van der Waals surface area (Å²) in [5, 5.41) is 2.57. The summed E-state index contributed by atoms with van der Waals surface area (Å²) in [7, 11) is 1.56. The number of hydrogen-bond donors (Lipinski definition) is 1. The quantitative estimate of drug-likeness (QED) is 0.854. The van der Waals surface area contributed by atoms with E-state index in [4.69, 9.17) is 0 Å². The molecule has 1 atom stereocenters. The van der Waals surface area contributed by atoms with Crippen molar-refractivity contribution >= 4 is 17.7 Å². The highest BCUT2D eigenvalue weighted by Gasteiger charge is 2.43. The average Bonchev–Trinajstić information content (AvgIpc) is 2.87. The van der Waals surface area contributed by atoms with Crippen molar-refractivity contribution in [2.75, 3.05) is 26.7 Å². The average molecular weight is 333 g/mol. The number of halogens is 1. The first-order chi connectivity index (χ1) is 11.5. The van der Waals surface area contributed by atoms with Crippen LogP contribution in [0.4, 0.5) is 4.39 Å². The Balaban J connectivity index is 1.51. The summed E-state index contributed by atoms with van der Waals surface area (Å²) in [6.07, 6.45) is 0.382. The summed E-state index contributed by atoms with van der Waals surface area (Å²) in [5.74, 6) is -0.898. The Bertz CT molecular complexity index is 673. The molecule has 0 aliphatic carbocycles. The van der Waals surface area contributed by atoms with E-state index in [9.17, 15) is 18.8 Å². The van der Waals surface area contributed by atoms with Crippen molar-refractivity contribution in [3.05, 3.63) is 35.6 Å². The van der Waals surface area contributed by atoms with Crippen molar-refractivity contribution in [2.24, 2.45) is 5.92 Å². The van der Waals surface area contributed by atoms with Crippen LogP contribution in [0.1, 0.15) is 12.0 Å². The van der Waals surface area contributed by atoms with E-state index in [1.165, 1.54) is 12.1 Å². The third kappa shape index (κ3) is 3.25. The molecule has 1 unspecified atom stereocenters. The van der Waals surface area contributed by atoms with Crippen molar-refractivity contribution in [3.8, 4) is 0 Å². The molecular formula is C17H20FN3O3. The number of rotatable bonds is 4. The first kappa shape index (κ1) is 16.4. The van der Waals surface area contributed by atoms with Gasteiger partial charge in [0.15, 0.2) is 0 Å². The highest BCUT2D eigenvalue weighted by molar-refractivity contribution is 5.89. The summed E-state index contributed by atoms with van der Waals surface area (Å²) in [4.78, 5) is 39.3. The molecule has 0 saturated carbocycles. The van der Waals surface area contributed by atoms with Crippen molar-refractivity contribution in [3.63, 3.8) is 0 Å². The van der Waals surface area contributed by atoms with Crippen LogP contribution in [-0.4, -0.2) is 60.2 Å². The molecule has 128 valence electrons. The lowest BCUT2D eigenvalue weighted by Gasteiger charge is -2.44. The number of benzene rings is 1. The van der Waals surface area contributed by atoms with Crippen LogP contribution in [0.15, 0.2) is 24.3 Å². The van der Waals surface area contributed by atoms with Gasteiger partial charge in [-0.1, -0.05) is 12.1 Å². The minimum absolute atomic E-state index is 0.0244. The van der Waals surface area contributed by atoms with Crippen LogP contribution < -0.4 is 5.32 Å². The van der Waals surface area contributed by atoms with E-state index in [1.807, 2.05) is 0 Å². The van der Waals surface area contributed by atoms with Crippen LogP contribution >= 0.6 is 0 Å². The molecule has 0 bridgehead atoms. The molecule has 2 heterocycles. The van der Waals surface area contributed by atoms with Crippen molar-refractivity contribution in [1.82, 2.24) is 15.1 Å². The smallest absolute Gasteiger partial charge is 0.227 e. The van der Waals surface area contributed by atoms with E-state index in [1.54, 1.807) is 29.0 Å². The summed E-state index contributed by atoms with van der Waals surface area (Å²) < 4.78 is 13.2. The molecule has 3 rings (SSSR count). The largest absolute Gasteiger partial charge is 0.359 e. The van der Waals surface area contributed by atoms with Gasteiger partial charge >= 0.3 is 0 Å². The molecule has 2 aliphatic heterocycles. The zero-order chi connectivity index (χ0) is 17.3. The van der Waals surface area contributed by atoms with Gasteiger partial charge in [-0.3, -0.25) is 14.4 Å². The van der Waals surface area contributed by atoms with E-state index in [0.29, 0.717) is 25.2 Å². The lowest BCUT2D eigenvalue weighted by atomic mass is 10.0. The standard InChI is InChI=1S/C17H20FN3O3/c1-19-17(24)12-7-16(23)21(8-12)14-9-20(10-14)15(22)6-11-3-2-4-13(18)5-11/h2-5,12,14H,6-10H2,1H3,(H,19,24). The lowest BCUT2D eigenvalue weighted by Crippen LogP contribution is -2.61. The minimum Gasteiger partial charge on any atom is -0.359 e. The van der Waals surface area contributed by atoms with E-state index in [0.717, 1.165) is 0 Å². The second kappa shape index (κ2) is 6.59. The molecule has 7 heteroatoms. The number of amides is 3. The molecular weight excluding hydrogens is 313 g/mol. The fraction of sp³-hybridized carbons (Fsp3) is 0.471. The van der Waals surface area contributed by atoms with Crippen LogP contribution in [0.3, 0.4) is 0 Å². The van der Waals surface area contributed by atoms with E-state index >= 15 is 0 Å². The fourth-order valence-corrected chi connectivity index (χ4v) is 3.25. The third-order valence-corrected chi connectivity index (χ3v) is 4.68. The van der Waals surface area contributed by atoms with Crippen molar-refractivity contribution < 1.29 is 18.8 Å². The van der Waals surface area contributed by atoms with Crippen LogP contribution in [0, 0.1) is 11.7 Å². The first-order valence-electron chi connectivity index (χ1n) is 8.01. The third-order valence-electron chi connectivity index (χ3n) is 4.68. The summed E-state index contributed by atoms with van der Waals surface area (Å²) in [5.41, 5.74) is 0.639. The topological polar surface area (TPSA) is 69.7 Å². The Morgan fingerprint density at radius 1 is 1.29 bits per heavy atom. The van der Waals surface area contributed by atoms with Crippen LogP contribution in [-0.2, 0) is 20.8 Å². The zero-order valence-electron chi connectivity index (χ0n) is 13.5. The van der Waals surface area contributed by atoms with E-state index in [2.05, 4.69) is 5.32 Å². The molecule has 3 amide bonds. The molecule has 0 aromatic heterocycles. The summed E-state index contributed by atoms with van der Waals surface area (Å²) >= 11 is 0. The summed E-state index contributed by atoms with van der Waals surface area (Å²) in [6.45, 7) is 1.36. The van der Waals surface area contributed by atoms with Gasteiger partial charge in [-0.25, -0.2) is 4.39 Å². The minimum atomic E-state index is -0.357. The molecule has 6 nitrogen and oxygen atoms in total. The highest BCUT2D eigenvalue weighted by atomic mass is 19.1. The molecule has 24 heavy (non-hydrogen) atoms. The molecule has 0 radical (unpaired) electrons. The van der Waals surface area contributed by atoms with Gasteiger partial charge < -0.3 is 15.1 Å². The van der Waals surface area contributed by atoms with Crippen LogP contribution in [0.25, 0.3) is 0 Å². The van der Waals surface area contributed by atoms with Gasteiger partial charge in [0, 0.05) is 33.1 Å². The number of nitrogens with zero attached hydrogens (tertiary/aromatic N) is 2. The van der Waals surface area contributed by atoms with Gasteiger partial charge in [-0.2, -0.15) is 0 Å².